The van der Waals surface area contributed by atoms with Gasteiger partial charge in [-0.15, -0.1) is 0 Å². The molecule has 80 valence electrons. The summed E-state index contributed by atoms with van der Waals surface area (Å²) in [6.07, 6.45) is 0.421. The molecule has 2 aromatic rings. The molecule has 0 bridgehead atoms. The van der Waals surface area contributed by atoms with Crippen molar-refractivity contribution in [2.24, 2.45) is 5.92 Å². The fraction of sp³-hybridized carbons (Fsp3) is 0.385. The summed E-state index contributed by atoms with van der Waals surface area (Å²) in [5.74, 6) is 0.506. The van der Waals surface area contributed by atoms with Crippen molar-refractivity contribution in [2.75, 3.05) is 0 Å². The Hall–Kier alpha value is -1.28. The minimum absolute atomic E-state index is 0.377. The second kappa shape index (κ2) is 4.07. The molecule has 0 saturated carbocycles. The van der Waals surface area contributed by atoms with Gasteiger partial charge in [0.25, 0.3) is 0 Å². The maximum atomic E-state index is 9.96. The average molecular weight is 203 g/mol. The van der Waals surface area contributed by atoms with Crippen LogP contribution < -0.4 is 0 Å². The maximum absolute atomic E-state index is 9.96. The van der Waals surface area contributed by atoms with Crippen LogP contribution in [0.1, 0.15) is 32.1 Å². The summed E-state index contributed by atoms with van der Waals surface area (Å²) < 4.78 is 0. The highest BCUT2D eigenvalue weighted by molar-refractivity contribution is 5.80. The van der Waals surface area contributed by atoms with Gasteiger partial charge in [0.1, 0.15) is 0 Å². The third-order valence-electron chi connectivity index (χ3n) is 2.60. The molecule has 2 N–H and O–H groups in total. The van der Waals surface area contributed by atoms with E-state index in [1.54, 1.807) is 0 Å². The first kappa shape index (κ1) is 10.2. The van der Waals surface area contributed by atoms with E-state index in [1.165, 1.54) is 0 Å². The highest BCUT2D eigenvalue weighted by atomic mass is 16.3. The van der Waals surface area contributed by atoms with Gasteiger partial charge in [-0.2, -0.15) is 0 Å². The number of nitrogens with one attached hydrogen (secondary N) is 1. The van der Waals surface area contributed by atoms with Gasteiger partial charge in [0.15, 0.2) is 0 Å². The summed E-state index contributed by atoms with van der Waals surface area (Å²) in [4.78, 5) is 3.25. The lowest BCUT2D eigenvalue weighted by atomic mass is 10.0. The zero-order valence-electron chi connectivity index (χ0n) is 9.20. The Morgan fingerprint density at radius 1 is 1.27 bits per heavy atom. The first-order chi connectivity index (χ1) is 7.16. The molecule has 2 heteroatoms. The quantitative estimate of drug-likeness (QED) is 0.789. The normalized spacial score (nSPS) is 13.6. The molecule has 0 aliphatic heterocycles. The predicted octanol–water partition coefficient (Wildman–Crippen LogP) is 3.25. The number of H-pyrrole nitrogens is 1. The topological polar surface area (TPSA) is 36.0 Å². The molecular weight excluding hydrogens is 186 g/mol. The van der Waals surface area contributed by atoms with E-state index in [0.717, 1.165) is 23.0 Å². The van der Waals surface area contributed by atoms with Gasteiger partial charge in [-0.05, 0) is 29.9 Å². The summed E-state index contributed by atoms with van der Waals surface area (Å²) in [6.45, 7) is 4.23. The number of fused-ring (bicyclic) bond motifs is 1. The van der Waals surface area contributed by atoms with Gasteiger partial charge < -0.3 is 10.1 Å². The van der Waals surface area contributed by atoms with Gasteiger partial charge >= 0.3 is 0 Å². The van der Waals surface area contributed by atoms with Gasteiger partial charge in [-0.1, -0.05) is 32.0 Å². The van der Waals surface area contributed by atoms with E-state index < -0.39 is 0 Å². The molecule has 0 aliphatic rings. The summed E-state index contributed by atoms with van der Waals surface area (Å²) in [7, 11) is 0. The van der Waals surface area contributed by atoms with E-state index in [2.05, 4.69) is 24.9 Å². The van der Waals surface area contributed by atoms with Crippen LogP contribution in [0.15, 0.2) is 30.3 Å². The van der Waals surface area contributed by atoms with Gasteiger partial charge in [0.05, 0.1) is 6.10 Å². The number of para-hydroxylation sites is 1. The number of hydrogen-bond donors (Lipinski definition) is 2. The first-order valence-electron chi connectivity index (χ1n) is 5.42. The minimum atomic E-state index is -0.377. The smallest absolute Gasteiger partial charge is 0.0940 e. The van der Waals surface area contributed by atoms with Crippen LogP contribution in [0.4, 0.5) is 0 Å². The number of aliphatic hydroxyl groups is 1. The van der Waals surface area contributed by atoms with Crippen LogP contribution in [-0.2, 0) is 0 Å². The standard InChI is InChI=1S/C13H17NO/c1-9(2)7-13(15)12-8-10-5-3-4-6-11(10)14-12/h3-6,8-9,13-15H,7H2,1-2H3. The van der Waals surface area contributed by atoms with Crippen molar-refractivity contribution in [1.82, 2.24) is 4.98 Å². The van der Waals surface area contributed by atoms with Crippen LogP contribution in [-0.4, -0.2) is 10.1 Å². The van der Waals surface area contributed by atoms with Crippen LogP contribution in [0.3, 0.4) is 0 Å². The fourth-order valence-electron chi connectivity index (χ4n) is 1.85. The van der Waals surface area contributed by atoms with Crippen molar-refractivity contribution in [1.29, 1.82) is 0 Å². The maximum Gasteiger partial charge on any atom is 0.0940 e. The molecule has 0 spiro atoms. The molecule has 1 aromatic heterocycles. The zero-order valence-corrected chi connectivity index (χ0v) is 9.20. The second-order valence-electron chi connectivity index (χ2n) is 4.46. The molecule has 1 aromatic carbocycles. The molecule has 2 rings (SSSR count). The Morgan fingerprint density at radius 2 is 2.00 bits per heavy atom. The van der Waals surface area contributed by atoms with Crippen molar-refractivity contribution in [3.63, 3.8) is 0 Å². The summed E-state index contributed by atoms with van der Waals surface area (Å²) >= 11 is 0. The third-order valence-corrected chi connectivity index (χ3v) is 2.60. The SMILES string of the molecule is CC(C)CC(O)c1cc2ccccc2[nH]1. The Bertz CT molecular complexity index is 411. The van der Waals surface area contributed by atoms with Crippen LogP contribution in [0, 0.1) is 5.92 Å². The van der Waals surface area contributed by atoms with Crippen LogP contribution in [0.5, 0.6) is 0 Å². The molecule has 2 nitrogen and oxygen atoms in total. The van der Waals surface area contributed by atoms with Gasteiger partial charge in [-0.25, -0.2) is 0 Å². The van der Waals surface area contributed by atoms with Crippen molar-refractivity contribution < 1.29 is 5.11 Å². The number of rotatable bonds is 3. The first-order valence-corrected chi connectivity index (χ1v) is 5.42. The number of aromatic nitrogens is 1. The fourth-order valence-corrected chi connectivity index (χ4v) is 1.85. The Labute approximate surface area is 89.9 Å². The summed E-state index contributed by atoms with van der Waals surface area (Å²) in [5.41, 5.74) is 2.01. The van der Waals surface area contributed by atoms with Crippen LogP contribution >= 0.6 is 0 Å². The Kier molecular flexibility index (Phi) is 2.78. The number of benzene rings is 1. The number of hydrogen-bond acceptors (Lipinski definition) is 1. The van der Waals surface area contributed by atoms with Crippen molar-refractivity contribution in [2.45, 2.75) is 26.4 Å². The largest absolute Gasteiger partial charge is 0.387 e. The number of aromatic amines is 1. The summed E-state index contributed by atoms with van der Waals surface area (Å²) in [5, 5.41) is 11.1. The zero-order chi connectivity index (χ0) is 10.8. The van der Waals surface area contributed by atoms with E-state index >= 15 is 0 Å². The van der Waals surface area contributed by atoms with Crippen molar-refractivity contribution in [3.05, 3.63) is 36.0 Å². The molecule has 0 amide bonds. The highest BCUT2D eigenvalue weighted by Crippen LogP contribution is 2.24. The van der Waals surface area contributed by atoms with Gasteiger partial charge in [-0.3, -0.25) is 0 Å². The van der Waals surface area contributed by atoms with E-state index in [9.17, 15) is 5.11 Å². The molecule has 0 fully saturated rings. The minimum Gasteiger partial charge on any atom is -0.387 e. The van der Waals surface area contributed by atoms with Crippen LogP contribution in [0.25, 0.3) is 10.9 Å². The molecule has 1 unspecified atom stereocenters. The molecule has 0 aliphatic carbocycles. The lowest BCUT2D eigenvalue weighted by molar-refractivity contribution is 0.147. The van der Waals surface area contributed by atoms with Gasteiger partial charge in [0, 0.05) is 11.2 Å². The van der Waals surface area contributed by atoms with E-state index in [-0.39, 0.29) is 6.10 Å². The third kappa shape index (κ3) is 2.21. The molecule has 15 heavy (non-hydrogen) atoms. The Balaban J connectivity index is 2.28. The molecular formula is C13H17NO. The molecule has 1 atom stereocenters. The summed E-state index contributed by atoms with van der Waals surface area (Å²) in [6, 6.07) is 10.1. The second-order valence-corrected chi connectivity index (χ2v) is 4.46. The highest BCUT2D eigenvalue weighted by Gasteiger charge is 2.11. The predicted molar refractivity (Wildman–Crippen MR) is 62.7 cm³/mol. The monoisotopic (exact) mass is 203 g/mol. The van der Waals surface area contributed by atoms with E-state index in [1.807, 2.05) is 24.3 Å². The molecule has 0 radical (unpaired) electrons. The molecule has 1 heterocycles. The lowest BCUT2D eigenvalue weighted by Crippen LogP contribution is -2.01. The lowest BCUT2D eigenvalue weighted by Gasteiger charge is -2.10. The Morgan fingerprint density at radius 3 is 2.67 bits per heavy atom. The van der Waals surface area contributed by atoms with Crippen LogP contribution in [0.2, 0.25) is 0 Å². The van der Waals surface area contributed by atoms with Crippen molar-refractivity contribution >= 4 is 10.9 Å². The number of aliphatic hydroxyl groups excluding tert-OH is 1. The average Bonchev–Trinajstić information content (AvgIpc) is 2.59. The van der Waals surface area contributed by atoms with E-state index in [4.69, 9.17) is 0 Å². The van der Waals surface area contributed by atoms with E-state index in [0.29, 0.717) is 5.92 Å². The molecule has 0 saturated heterocycles. The van der Waals surface area contributed by atoms with Gasteiger partial charge in [0.2, 0.25) is 0 Å². The van der Waals surface area contributed by atoms with Crippen molar-refractivity contribution in [3.8, 4) is 0 Å².